The number of nitrogens with zero attached hydrogens (tertiary/aromatic N) is 1. The van der Waals surface area contributed by atoms with Gasteiger partial charge in [-0.05, 0) is 24.4 Å². The van der Waals surface area contributed by atoms with Gasteiger partial charge in [0, 0.05) is 17.1 Å². The lowest BCUT2D eigenvalue weighted by Crippen LogP contribution is -2.02. The van der Waals surface area contributed by atoms with Gasteiger partial charge in [0.1, 0.15) is 5.75 Å². The molecule has 17 heavy (non-hydrogen) atoms. The lowest BCUT2D eigenvalue weighted by Gasteiger charge is -2.10. The average molecular weight is 288 g/mol. The Balaban J connectivity index is 2.16. The van der Waals surface area contributed by atoms with Crippen LogP contribution < -0.4 is 10.1 Å². The van der Waals surface area contributed by atoms with Gasteiger partial charge in [-0.1, -0.05) is 29.0 Å². The van der Waals surface area contributed by atoms with E-state index >= 15 is 0 Å². The van der Waals surface area contributed by atoms with Gasteiger partial charge in [-0.2, -0.15) is 0 Å². The van der Waals surface area contributed by atoms with Gasteiger partial charge in [0.15, 0.2) is 3.95 Å². The van der Waals surface area contributed by atoms with Crippen LogP contribution >= 0.6 is 35.2 Å². The van der Waals surface area contributed by atoms with Crippen molar-refractivity contribution >= 4 is 40.3 Å². The van der Waals surface area contributed by atoms with Crippen molar-refractivity contribution < 1.29 is 4.74 Å². The fourth-order valence-corrected chi connectivity index (χ4v) is 2.39. The topological polar surface area (TPSA) is 49.9 Å². The molecule has 0 spiro atoms. The first-order chi connectivity index (χ1) is 8.20. The van der Waals surface area contributed by atoms with E-state index in [1.807, 2.05) is 18.2 Å². The highest BCUT2D eigenvalue weighted by atomic mass is 35.5. The van der Waals surface area contributed by atoms with Crippen LogP contribution in [-0.2, 0) is 6.54 Å². The van der Waals surface area contributed by atoms with Crippen molar-refractivity contribution in [1.82, 2.24) is 10.2 Å². The van der Waals surface area contributed by atoms with Crippen molar-refractivity contribution in [1.29, 1.82) is 0 Å². The summed E-state index contributed by atoms with van der Waals surface area (Å²) in [6, 6.07) is 5.55. The lowest BCUT2D eigenvalue weighted by molar-refractivity contribution is 0.410. The molecule has 2 rings (SSSR count). The van der Waals surface area contributed by atoms with Crippen molar-refractivity contribution in [2.24, 2.45) is 0 Å². The molecular formula is C10H10ClN3OS2. The van der Waals surface area contributed by atoms with Crippen LogP contribution in [0.3, 0.4) is 0 Å². The standard InChI is InChI=1S/C10H10ClN3OS2/c1-15-8-4-2-3-7(11)6(8)5-12-9-13-14-10(16)17-9/h2-4H,5H2,1H3,(H,12,13)(H,14,16). The number of methoxy groups -OCH3 is 1. The molecule has 2 N–H and O–H groups in total. The fourth-order valence-electron chi connectivity index (χ4n) is 1.37. The number of hydrogen-bond acceptors (Lipinski definition) is 5. The number of rotatable bonds is 4. The summed E-state index contributed by atoms with van der Waals surface area (Å²) in [7, 11) is 1.62. The van der Waals surface area contributed by atoms with E-state index in [1.165, 1.54) is 11.3 Å². The number of halogens is 1. The van der Waals surface area contributed by atoms with Gasteiger partial charge < -0.3 is 10.1 Å². The number of hydrogen-bond donors (Lipinski definition) is 2. The maximum Gasteiger partial charge on any atom is 0.204 e. The van der Waals surface area contributed by atoms with Crippen LogP contribution in [-0.4, -0.2) is 17.3 Å². The van der Waals surface area contributed by atoms with Crippen molar-refractivity contribution in [3.63, 3.8) is 0 Å². The third kappa shape index (κ3) is 2.96. The van der Waals surface area contributed by atoms with Crippen LogP contribution in [0.1, 0.15) is 5.56 Å². The lowest BCUT2D eigenvalue weighted by atomic mass is 10.2. The molecule has 0 amide bonds. The molecule has 0 unspecified atom stereocenters. The molecule has 1 aromatic heterocycles. The molecule has 0 radical (unpaired) electrons. The van der Waals surface area contributed by atoms with Crippen molar-refractivity contribution in [2.75, 3.05) is 12.4 Å². The minimum absolute atomic E-state index is 0.541. The van der Waals surface area contributed by atoms with Crippen molar-refractivity contribution in [3.8, 4) is 5.75 Å². The quantitative estimate of drug-likeness (QED) is 0.846. The van der Waals surface area contributed by atoms with Crippen LogP contribution in [0.25, 0.3) is 0 Å². The summed E-state index contributed by atoms with van der Waals surface area (Å²) in [5, 5.41) is 11.3. The summed E-state index contributed by atoms with van der Waals surface area (Å²) in [6.07, 6.45) is 0. The van der Waals surface area contributed by atoms with E-state index in [0.717, 1.165) is 16.4 Å². The maximum atomic E-state index is 6.11. The summed E-state index contributed by atoms with van der Waals surface area (Å²) >= 11 is 12.4. The average Bonchev–Trinajstić information content (AvgIpc) is 2.73. The first-order valence-corrected chi connectivity index (χ1v) is 6.41. The van der Waals surface area contributed by atoms with E-state index in [9.17, 15) is 0 Å². The molecule has 0 saturated carbocycles. The molecule has 0 bridgehead atoms. The third-order valence-electron chi connectivity index (χ3n) is 2.15. The summed E-state index contributed by atoms with van der Waals surface area (Å²) in [6.45, 7) is 0.541. The summed E-state index contributed by atoms with van der Waals surface area (Å²) < 4.78 is 5.89. The Hall–Kier alpha value is -1.11. The zero-order valence-corrected chi connectivity index (χ0v) is 11.4. The molecule has 2 aromatic rings. The zero-order valence-electron chi connectivity index (χ0n) is 8.99. The van der Waals surface area contributed by atoms with Crippen LogP contribution in [0.15, 0.2) is 18.2 Å². The van der Waals surface area contributed by atoms with Gasteiger partial charge in [0.2, 0.25) is 5.13 Å². The number of benzene rings is 1. The number of anilines is 1. The van der Waals surface area contributed by atoms with Crippen molar-refractivity contribution in [2.45, 2.75) is 6.54 Å². The highest BCUT2D eigenvalue weighted by Crippen LogP contribution is 2.27. The highest BCUT2D eigenvalue weighted by molar-refractivity contribution is 7.73. The van der Waals surface area contributed by atoms with E-state index in [2.05, 4.69) is 15.5 Å². The van der Waals surface area contributed by atoms with E-state index in [-0.39, 0.29) is 0 Å². The Kier molecular flexibility index (Phi) is 3.98. The molecule has 90 valence electrons. The Morgan fingerprint density at radius 1 is 1.59 bits per heavy atom. The minimum Gasteiger partial charge on any atom is -0.496 e. The van der Waals surface area contributed by atoms with E-state index in [0.29, 0.717) is 15.5 Å². The minimum atomic E-state index is 0.541. The number of H-pyrrole nitrogens is 1. The SMILES string of the molecule is COc1cccc(Cl)c1CNc1n[nH]c(=S)s1. The largest absolute Gasteiger partial charge is 0.496 e. The highest BCUT2D eigenvalue weighted by Gasteiger charge is 2.07. The molecule has 4 nitrogen and oxygen atoms in total. The molecule has 1 aromatic carbocycles. The molecule has 7 heteroatoms. The van der Waals surface area contributed by atoms with Crippen LogP contribution in [0.5, 0.6) is 5.75 Å². The van der Waals surface area contributed by atoms with Gasteiger partial charge in [0.25, 0.3) is 0 Å². The zero-order chi connectivity index (χ0) is 12.3. The molecule has 0 aliphatic rings. The first-order valence-electron chi connectivity index (χ1n) is 4.81. The predicted octanol–water partition coefficient (Wildman–Crippen LogP) is 3.47. The Labute approximate surface area is 113 Å². The molecule has 0 fully saturated rings. The van der Waals surface area contributed by atoms with Gasteiger partial charge in [0.05, 0.1) is 7.11 Å². The van der Waals surface area contributed by atoms with Gasteiger partial charge in [-0.3, -0.25) is 5.10 Å². The Morgan fingerprint density at radius 3 is 3.06 bits per heavy atom. The summed E-state index contributed by atoms with van der Waals surface area (Å²) in [4.78, 5) is 0. The fraction of sp³-hybridized carbons (Fsp3) is 0.200. The van der Waals surface area contributed by atoms with Gasteiger partial charge in [-0.25, -0.2) is 0 Å². The normalized spacial score (nSPS) is 10.2. The van der Waals surface area contributed by atoms with E-state index < -0.39 is 0 Å². The molecule has 0 saturated heterocycles. The monoisotopic (exact) mass is 287 g/mol. The number of ether oxygens (including phenoxy) is 1. The molecular weight excluding hydrogens is 278 g/mol. The van der Waals surface area contributed by atoms with Gasteiger partial charge >= 0.3 is 0 Å². The smallest absolute Gasteiger partial charge is 0.204 e. The maximum absolute atomic E-state index is 6.11. The number of aromatic amines is 1. The van der Waals surface area contributed by atoms with Crippen molar-refractivity contribution in [3.05, 3.63) is 32.7 Å². The predicted molar refractivity (Wildman–Crippen MR) is 72.6 cm³/mol. The van der Waals surface area contributed by atoms with E-state index in [1.54, 1.807) is 7.11 Å². The van der Waals surface area contributed by atoms with Gasteiger partial charge in [-0.15, -0.1) is 5.10 Å². The molecule has 0 atom stereocenters. The number of nitrogens with one attached hydrogen (secondary N) is 2. The molecule has 0 aliphatic heterocycles. The second kappa shape index (κ2) is 5.48. The number of aromatic nitrogens is 2. The first kappa shape index (κ1) is 12.3. The van der Waals surface area contributed by atoms with E-state index in [4.69, 9.17) is 28.6 Å². The molecule has 0 aliphatic carbocycles. The summed E-state index contributed by atoms with van der Waals surface area (Å²) in [5.41, 5.74) is 0.901. The second-order valence-corrected chi connectivity index (χ2v) is 5.27. The Bertz CT molecular complexity index is 567. The van der Waals surface area contributed by atoms with Crippen LogP contribution in [0.2, 0.25) is 5.02 Å². The van der Waals surface area contributed by atoms with Crippen LogP contribution in [0, 0.1) is 3.95 Å². The summed E-state index contributed by atoms with van der Waals surface area (Å²) in [5.74, 6) is 0.754. The second-order valence-electron chi connectivity index (χ2n) is 3.19. The van der Waals surface area contributed by atoms with Crippen LogP contribution in [0.4, 0.5) is 5.13 Å². The molecule has 1 heterocycles. The third-order valence-corrected chi connectivity index (χ3v) is 3.55. The Morgan fingerprint density at radius 2 is 2.41 bits per heavy atom.